The van der Waals surface area contributed by atoms with Gasteiger partial charge in [0.2, 0.25) is 0 Å². The summed E-state index contributed by atoms with van der Waals surface area (Å²) >= 11 is 0. The first-order valence-electron chi connectivity index (χ1n) is 7.15. The van der Waals surface area contributed by atoms with Gasteiger partial charge >= 0.3 is 6.03 Å². The number of hydrogen-bond acceptors (Lipinski definition) is 3. The number of rotatable bonds is 6. The van der Waals surface area contributed by atoms with Crippen LogP contribution in [0, 0.1) is 11.8 Å². The molecule has 0 aromatic carbocycles. The van der Waals surface area contributed by atoms with Crippen molar-refractivity contribution >= 4 is 15.9 Å². The Balaban J connectivity index is 2.14. The summed E-state index contributed by atoms with van der Waals surface area (Å²) < 4.78 is 22.5. The van der Waals surface area contributed by atoms with Crippen LogP contribution < -0.4 is 10.6 Å². The van der Waals surface area contributed by atoms with Gasteiger partial charge in [-0.15, -0.1) is 0 Å². The molecule has 0 bridgehead atoms. The summed E-state index contributed by atoms with van der Waals surface area (Å²) in [7, 11) is -3.00. The minimum Gasteiger partial charge on any atom is -0.338 e. The molecule has 2 amide bonds. The minimum atomic E-state index is -3.00. The number of amides is 2. The third-order valence-electron chi connectivity index (χ3n) is 3.73. The number of hydrogen-bond donors (Lipinski definition) is 2. The Morgan fingerprint density at radius 2 is 2.00 bits per heavy atom. The quantitative estimate of drug-likeness (QED) is 0.779. The molecule has 0 aliphatic heterocycles. The van der Waals surface area contributed by atoms with Crippen LogP contribution in [0.5, 0.6) is 0 Å². The van der Waals surface area contributed by atoms with Gasteiger partial charge in [0.05, 0.1) is 5.75 Å². The van der Waals surface area contributed by atoms with Crippen molar-refractivity contribution in [3.8, 4) is 0 Å². The summed E-state index contributed by atoms with van der Waals surface area (Å²) in [5, 5.41) is 5.43. The molecule has 0 spiro atoms. The highest BCUT2D eigenvalue weighted by Gasteiger charge is 2.19. The van der Waals surface area contributed by atoms with Crippen LogP contribution in [0.1, 0.15) is 39.5 Å². The lowest BCUT2D eigenvalue weighted by Crippen LogP contribution is -2.40. The van der Waals surface area contributed by atoms with E-state index in [1.807, 2.05) is 0 Å². The number of carbonyl (C=O) groups is 1. The summed E-state index contributed by atoms with van der Waals surface area (Å²) in [6.45, 7) is 4.74. The van der Waals surface area contributed by atoms with Crippen molar-refractivity contribution in [3.63, 3.8) is 0 Å². The maximum absolute atomic E-state index is 11.5. The Morgan fingerprint density at radius 1 is 1.26 bits per heavy atom. The third-order valence-corrected chi connectivity index (χ3v) is 5.44. The van der Waals surface area contributed by atoms with Crippen LogP contribution in [-0.2, 0) is 9.84 Å². The number of nitrogens with one attached hydrogen (secondary N) is 2. The Hall–Kier alpha value is -0.780. The highest BCUT2D eigenvalue weighted by Crippen LogP contribution is 2.27. The smallest absolute Gasteiger partial charge is 0.314 e. The lowest BCUT2D eigenvalue weighted by atomic mass is 9.82. The van der Waals surface area contributed by atoms with Crippen molar-refractivity contribution < 1.29 is 13.2 Å². The van der Waals surface area contributed by atoms with Crippen LogP contribution in [0.2, 0.25) is 0 Å². The fourth-order valence-corrected chi connectivity index (χ4v) is 3.21. The molecular formula is C13H26N2O3S. The molecule has 0 heterocycles. The molecule has 1 aliphatic carbocycles. The zero-order valence-electron chi connectivity index (χ0n) is 11.9. The van der Waals surface area contributed by atoms with Crippen molar-refractivity contribution in [2.75, 3.05) is 24.6 Å². The van der Waals surface area contributed by atoms with Gasteiger partial charge < -0.3 is 10.6 Å². The van der Waals surface area contributed by atoms with E-state index in [2.05, 4.69) is 17.6 Å². The van der Waals surface area contributed by atoms with Crippen molar-refractivity contribution in [1.29, 1.82) is 0 Å². The van der Waals surface area contributed by atoms with Crippen LogP contribution in [0.15, 0.2) is 0 Å². The molecule has 0 saturated heterocycles. The van der Waals surface area contributed by atoms with Gasteiger partial charge in [0, 0.05) is 18.8 Å². The molecule has 2 N–H and O–H groups in total. The second-order valence-electron chi connectivity index (χ2n) is 5.51. The van der Waals surface area contributed by atoms with Gasteiger partial charge in [-0.1, -0.05) is 26.7 Å². The fourth-order valence-electron chi connectivity index (χ4n) is 2.51. The van der Waals surface area contributed by atoms with Gasteiger partial charge in [-0.3, -0.25) is 0 Å². The first kappa shape index (κ1) is 16.3. The van der Waals surface area contributed by atoms with Crippen LogP contribution in [-0.4, -0.2) is 39.0 Å². The lowest BCUT2D eigenvalue weighted by Gasteiger charge is -2.26. The van der Waals surface area contributed by atoms with Gasteiger partial charge in [-0.05, 0) is 24.7 Å². The first-order valence-corrected chi connectivity index (χ1v) is 8.97. The molecule has 19 heavy (non-hydrogen) atoms. The van der Waals surface area contributed by atoms with E-state index in [0.29, 0.717) is 12.5 Å². The molecule has 6 heteroatoms. The van der Waals surface area contributed by atoms with E-state index in [4.69, 9.17) is 0 Å². The zero-order chi connectivity index (χ0) is 14.3. The van der Waals surface area contributed by atoms with E-state index >= 15 is 0 Å². The second kappa shape index (κ2) is 7.72. The molecule has 5 nitrogen and oxygen atoms in total. The van der Waals surface area contributed by atoms with E-state index < -0.39 is 9.84 Å². The lowest BCUT2D eigenvalue weighted by molar-refractivity contribution is 0.231. The maximum Gasteiger partial charge on any atom is 0.314 e. The molecule has 1 rings (SSSR count). The van der Waals surface area contributed by atoms with Crippen LogP contribution in [0.25, 0.3) is 0 Å². The van der Waals surface area contributed by atoms with E-state index in [0.717, 1.165) is 5.92 Å². The average molecular weight is 290 g/mol. The Labute approximate surface area is 116 Å². The average Bonchev–Trinajstić information content (AvgIpc) is 2.36. The SMILES string of the molecule is CCS(=O)(=O)CCNC(=O)NC[C@@H]1CCC[C@@H](C)C1. The van der Waals surface area contributed by atoms with Crippen molar-refractivity contribution in [2.24, 2.45) is 11.8 Å². The summed E-state index contributed by atoms with van der Waals surface area (Å²) in [6, 6.07) is -0.260. The second-order valence-corrected chi connectivity index (χ2v) is 7.98. The summed E-state index contributed by atoms with van der Waals surface area (Å²) in [6.07, 6.45) is 4.88. The number of urea groups is 1. The predicted octanol–water partition coefficient (Wildman–Crippen LogP) is 1.55. The topological polar surface area (TPSA) is 75.3 Å². The molecule has 0 unspecified atom stereocenters. The highest BCUT2D eigenvalue weighted by molar-refractivity contribution is 7.91. The molecule has 0 aromatic heterocycles. The van der Waals surface area contributed by atoms with Crippen LogP contribution in [0.3, 0.4) is 0 Å². The molecule has 2 atom stereocenters. The third kappa shape index (κ3) is 6.80. The molecule has 0 radical (unpaired) electrons. The Kier molecular flexibility index (Phi) is 6.62. The predicted molar refractivity (Wildman–Crippen MR) is 76.9 cm³/mol. The van der Waals surface area contributed by atoms with Crippen molar-refractivity contribution in [1.82, 2.24) is 10.6 Å². The molecule has 0 aromatic rings. The summed E-state index contributed by atoms with van der Waals surface area (Å²) in [4.78, 5) is 11.5. The molecule has 112 valence electrons. The van der Waals surface area contributed by atoms with E-state index in [-0.39, 0.29) is 24.1 Å². The van der Waals surface area contributed by atoms with Gasteiger partial charge in [0.25, 0.3) is 0 Å². The standard InChI is InChI=1S/C13H26N2O3S/c1-3-19(17,18)8-7-14-13(16)15-10-12-6-4-5-11(2)9-12/h11-12H,3-10H2,1-2H3,(H2,14,15,16)/t11-,12-/m1/s1. The normalized spacial score (nSPS) is 23.9. The summed E-state index contributed by atoms with van der Waals surface area (Å²) in [5.41, 5.74) is 0. The first-order chi connectivity index (χ1) is 8.93. The molecule has 1 saturated carbocycles. The van der Waals surface area contributed by atoms with E-state index in [1.54, 1.807) is 6.92 Å². The fraction of sp³-hybridized carbons (Fsp3) is 0.923. The molecular weight excluding hydrogens is 264 g/mol. The van der Waals surface area contributed by atoms with Gasteiger partial charge in [0.1, 0.15) is 0 Å². The Bertz CT molecular complexity index is 381. The van der Waals surface area contributed by atoms with Crippen LogP contribution in [0.4, 0.5) is 4.79 Å². The summed E-state index contributed by atoms with van der Waals surface area (Å²) in [5.74, 6) is 1.44. The van der Waals surface area contributed by atoms with E-state index in [1.165, 1.54) is 25.7 Å². The van der Waals surface area contributed by atoms with Gasteiger partial charge in [-0.2, -0.15) is 0 Å². The van der Waals surface area contributed by atoms with Crippen molar-refractivity contribution in [3.05, 3.63) is 0 Å². The zero-order valence-corrected chi connectivity index (χ0v) is 12.8. The largest absolute Gasteiger partial charge is 0.338 e. The van der Waals surface area contributed by atoms with Crippen LogP contribution >= 0.6 is 0 Å². The van der Waals surface area contributed by atoms with Gasteiger partial charge in [0.15, 0.2) is 9.84 Å². The number of carbonyl (C=O) groups excluding carboxylic acids is 1. The maximum atomic E-state index is 11.5. The van der Waals surface area contributed by atoms with Gasteiger partial charge in [-0.25, -0.2) is 13.2 Å². The highest BCUT2D eigenvalue weighted by atomic mass is 32.2. The minimum absolute atomic E-state index is 0.0113. The monoisotopic (exact) mass is 290 g/mol. The van der Waals surface area contributed by atoms with Crippen molar-refractivity contribution in [2.45, 2.75) is 39.5 Å². The molecule has 1 fully saturated rings. The van der Waals surface area contributed by atoms with E-state index in [9.17, 15) is 13.2 Å². The number of sulfone groups is 1. The Morgan fingerprint density at radius 3 is 2.63 bits per heavy atom. The molecule has 1 aliphatic rings.